The molecule has 0 saturated heterocycles. The Balaban J connectivity index is 1.90. The molecule has 2 aromatic rings. The van der Waals surface area contributed by atoms with Gasteiger partial charge in [-0.15, -0.1) is 0 Å². The molecule has 0 saturated carbocycles. The number of aliphatic hydroxyl groups excluding tert-OH is 1. The zero-order chi connectivity index (χ0) is 15.2. The monoisotopic (exact) mass is 283 g/mol. The maximum atomic E-state index is 12.2. The van der Waals surface area contributed by atoms with E-state index in [-0.39, 0.29) is 5.91 Å². The molecule has 0 aliphatic heterocycles. The molecule has 0 bridgehead atoms. The van der Waals surface area contributed by atoms with E-state index in [9.17, 15) is 9.90 Å². The van der Waals surface area contributed by atoms with Crippen molar-refractivity contribution in [3.63, 3.8) is 0 Å². The fourth-order valence-electron chi connectivity index (χ4n) is 2.43. The lowest BCUT2D eigenvalue weighted by molar-refractivity contribution is 0.0941. The molecule has 1 atom stereocenters. The Labute approximate surface area is 125 Å². The summed E-state index contributed by atoms with van der Waals surface area (Å²) in [6.07, 6.45) is -0.0507. The molecule has 3 heteroatoms. The van der Waals surface area contributed by atoms with E-state index in [4.69, 9.17) is 0 Å². The van der Waals surface area contributed by atoms with Crippen LogP contribution in [0.2, 0.25) is 0 Å². The number of rotatable bonds is 5. The number of nitrogens with one attached hydrogen (secondary N) is 1. The van der Waals surface area contributed by atoms with E-state index in [2.05, 4.69) is 5.32 Å². The zero-order valence-corrected chi connectivity index (χ0v) is 12.5. The second-order valence-corrected chi connectivity index (χ2v) is 5.24. The lowest BCUT2D eigenvalue weighted by atomic mass is 10.0. The number of hydrogen-bond acceptors (Lipinski definition) is 2. The van der Waals surface area contributed by atoms with E-state index < -0.39 is 6.10 Å². The van der Waals surface area contributed by atoms with Crippen molar-refractivity contribution in [1.82, 2.24) is 5.32 Å². The van der Waals surface area contributed by atoms with Crippen LogP contribution in [-0.2, 0) is 0 Å². The highest BCUT2D eigenvalue weighted by molar-refractivity contribution is 5.97. The van der Waals surface area contributed by atoms with E-state index in [1.54, 1.807) is 0 Å². The van der Waals surface area contributed by atoms with Gasteiger partial charge < -0.3 is 10.4 Å². The molecular weight excluding hydrogens is 262 g/mol. The van der Waals surface area contributed by atoms with Gasteiger partial charge in [-0.25, -0.2) is 0 Å². The van der Waals surface area contributed by atoms with Gasteiger partial charge in [0.15, 0.2) is 0 Å². The van der Waals surface area contributed by atoms with Gasteiger partial charge in [0.1, 0.15) is 0 Å². The second-order valence-electron chi connectivity index (χ2n) is 5.24. The molecule has 2 N–H and O–H groups in total. The maximum absolute atomic E-state index is 12.2. The van der Waals surface area contributed by atoms with Gasteiger partial charge in [-0.3, -0.25) is 4.79 Å². The Morgan fingerprint density at radius 2 is 1.67 bits per heavy atom. The van der Waals surface area contributed by atoms with Crippen molar-refractivity contribution in [3.05, 3.63) is 70.8 Å². The van der Waals surface area contributed by atoms with Crippen molar-refractivity contribution in [1.29, 1.82) is 0 Å². The highest BCUT2D eigenvalue weighted by Crippen LogP contribution is 2.16. The molecule has 1 unspecified atom stereocenters. The Morgan fingerprint density at radius 3 is 2.29 bits per heavy atom. The molecule has 2 aromatic carbocycles. The summed E-state index contributed by atoms with van der Waals surface area (Å²) in [6.45, 7) is 4.31. The first kappa shape index (κ1) is 15.3. The highest BCUT2D eigenvalue weighted by Gasteiger charge is 2.12. The Kier molecular flexibility index (Phi) is 5.12. The summed E-state index contributed by atoms with van der Waals surface area (Å²) in [7, 11) is 0. The third kappa shape index (κ3) is 3.92. The van der Waals surface area contributed by atoms with Crippen molar-refractivity contribution in [2.75, 3.05) is 6.54 Å². The lowest BCUT2D eigenvalue weighted by Crippen LogP contribution is -2.27. The van der Waals surface area contributed by atoms with Gasteiger partial charge in [0.25, 0.3) is 5.91 Å². The standard InChI is InChI=1S/C18H21NO2/c1-13-7-6-8-14(2)17(13)18(21)19-12-11-16(20)15-9-4-3-5-10-15/h3-10,16,20H,11-12H2,1-2H3,(H,19,21). The molecule has 21 heavy (non-hydrogen) atoms. The van der Waals surface area contributed by atoms with Crippen LogP contribution in [0.5, 0.6) is 0 Å². The number of amides is 1. The van der Waals surface area contributed by atoms with Gasteiger partial charge in [0.05, 0.1) is 6.10 Å². The summed E-state index contributed by atoms with van der Waals surface area (Å²) >= 11 is 0. The summed E-state index contributed by atoms with van der Waals surface area (Å²) in [5.74, 6) is -0.0779. The topological polar surface area (TPSA) is 49.3 Å². The Morgan fingerprint density at radius 1 is 1.05 bits per heavy atom. The van der Waals surface area contributed by atoms with E-state index in [0.717, 1.165) is 22.3 Å². The van der Waals surface area contributed by atoms with Gasteiger partial charge in [-0.05, 0) is 37.0 Å². The number of carbonyl (C=O) groups excluding carboxylic acids is 1. The minimum absolute atomic E-state index is 0.0779. The number of aliphatic hydroxyl groups is 1. The molecule has 0 heterocycles. The van der Waals surface area contributed by atoms with E-state index in [1.165, 1.54) is 0 Å². The molecule has 110 valence electrons. The SMILES string of the molecule is Cc1cccc(C)c1C(=O)NCCC(O)c1ccccc1. The number of benzene rings is 2. The van der Waals surface area contributed by atoms with Crippen LogP contribution in [-0.4, -0.2) is 17.6 Å². The largest absolute Gasteiger partial charge is 0.388 e. The van der Waals surface area contributed by atoms with Crippen LogP contribution >= 0.6 is 0 Å². The quantitative estimate of drug-likeness (QED) is 0.885. The smallest absolute Gasteiger partial charge is 0.251 e. The second kappa shape index (κ2) is 7.04. The van der Waals surface area contributed by atoms with Crippen LogP contribution in [0.3, 0.4) is 0 Å². The molecule has 0 spiro atoms. The zero-order valence-electron chi connectivity index (χ0n) is 12.5. The number of carbonyl (C=O) groups is 1. The molecule has 1 amide bonds. The molecule has 0 radical (unpaired) electrons. The first-order valence-corrected chi connectivity index (χ1v) is 7.17. The Bertz CT molecular complexity index is 588. The lowest BCUT2D eigenvalue weighted by Gasteiger charge is -2.13. The minimum Gasteiger partial charge on any atom is -0.388 e. The fraction of sp³-hybridized carbons (Fsp3) is 0.278. The predicted molar refractivity (Wildman–Crippen MR) is 84.3 cm³/mol. The van der Waals surface area contributed by atoms with Crippen LogP contribution < -0.4 is 5.32 Å². The van der Waals surface area contributed by atoms with E-state index in [0.29, 0.717) is 13.0 Å². The number of aryl methyl sites for hydroxylation is 2. The van der Waals surface area contributed by atoms with Gasteiger partial charge in [0, 0.05) is 12.1 Å². The van der Waals surface area contributed by atoms with Gasteiger partial charge in [-0.1, -0.05) is 48.5 Å². The van der Waals surface area contributed by atoms with Crippen LogP contribution in [0, 0.1) is 13.8 Å². The number of hydrogen-bond donors (Lipinski definition) is 2. The van der Waals surface area contributed by atoms with Crippen molar-refractivity contribution < 1.29 is 9.90 Å². The first-order chi connectivity index (χ1) is 10.1. The normalized spacial score (nSPS) is 12.0. The third-order valence-corrected chi connectivity index (χ3v) is 3.60. The van der Waals surface area contributed by atoms with Crippen molar-refractivity contribution in [2.45, 2.75) is 26.4 Å². The summed E-state index contributed by atoms with van der Waals surface area (Å²) in [6, 6.07) is 15.3. The van der Waals surface area contributed by atoms with Crippen LogP contribution in [0.25, 0.3) is 0 Å². The predicted octanol–water partition coefficient (Wildman–Crippen LogP) is 3.16. The van der Waals surface area contributed by atoms with Crippen LogP contribution in [0.4, 0.5) is 0 Å². The minimum atomic E-state index is -0.551. The molecule has 2 rings (SSSR count). The van der Waals surface area contributed by atoms with Crippen LogP contribution in [0.15, 0.2) is 48.5 Å². The molecular formula is C18H21NO2. The van der Waals surface area contributed by atoms with Crippen molar-refractivity contribution >= 4 is 5.91 Å². The molecule has 0 aliphatic rings. The summed E-state index contributed by atoms with van der Waals surface area (Å²) < 4.78 is 0. The van der Waals surface area contributed by atoms with Gasteiger partial charge in [-0.2, -0.15) is 0 Å². The van der Waals surface area contributed by atoms with Crippen molar-refractivity contribution in [3.8, 4) is 0 Å². The molecule has 3 nitrogen and oxygen atoms in total. The van der Waals surface area contributed by atoms with Gasteiger partial charge >= 0.3 is 0 Å². The van der Waals surface area contributed by atoms with E-state index >= 15 is 0 Å². The fourth-order valence-corrected chi connectivity index (χ4v) is 2.43. The summed E-state index contributed by atoms with van der Waals surface area (Å²) in [5.41, 5.74) is 3.54. The van der Waals surface area contributed by atoms with Crippen molar-refractivity contribution in [2.24, 2.45) is 0 Å². The molecule has 0 aliphatic carbocycles. The third-order valence-electron chi connectivity index (χ3n) is 3.60. The highest BCUT2D eigenvalue weighted by atomic mass is 16.3. The maximum Gasteiger partial charge on any atom is 0.251 e. The first-order valence-electron chi connectivity index (χ1n) is 7.17. The molecule has 0 fully saturated rings. The average molecular weight is 283 g/mol. The average Bonchev–Trinajstić information content (AvgIpc) is 2.48. The van der Waals surface area contributed by atoms with Crippen LogP contribution in [0.1, 0.15) is 39.6 Å². The van der Waals surface area contributed by atoms with Gasteiger partial charge in [0.2, 0.25) is 0 Å². The Hall–Kier alpha value is -2.13. The summed E-state index contributed by atoms with van der Waals surface area (Å²) in [4.78, 5) is 12.2. The molecule has 0 aromatic heterocycles. The van der Waals surface area contributed by atoms with E-state index in [1.807, 2.05) is 62.4 Å². The summed E-state index contributed by atoms with van der Waals surface area (Å²) in [5, 5.41) is 12.9.